The number of likely N-dealkylation sites (tertiary alicyclic amines) is 1. The molecule has 5 rings (SSSR count). The van der Waals surface area contributed by atoms with Gasteiger partial charge in [0.05, 0.1) is 29.6 Å². The Morgan fingerprint density at radius 2 is 1.83 bits per heavy atom. The summed E-state index contributed by atoms with van der Waals surface area (Å²) in [5.41, 5.74) is -0.342. The second-order valence-corrected chi connectivity index (χ2v) is 10.3. The van der Waals surface area contributed by atoms with Crippen molar-refractivity contribution in [2.24, 2.45) is 0 Å². The van der Waals surface area contributed by atoms with Crippen LogP contribution in [0, 0.1) is 5.82 Å². The van der Waals surface area contributed by atoms with Gasteiger partial charge in [-0.3, -0.25) is 9.59 Å². The van der Waals surface area contributed by atoms with Crippen LogP contribution < -0.4 is 20.7 Å². The lowest BCUT2D eigenvalue weighted by Crippen LogP contribution is -2.43. The van der Waals surface area contributed by atoms with Gasteiger partial charge in [-0.05, 0) is 50.7 Å². The molecule has 1 aromatic heterocycles. The molecule has 3 aromatic rings. The smallest absolute Gasteiger partial charge is 0.421 e. The Balaban J connectivity index is 1.42. The molecule has 3 heterocycles. The van der Waals surface area contributed by atoms with Crippen LogP contribution in [0.4, 0.5) is 40.7 Å². The maximum Gasteiger partial charge on any atom is 0.421 e. The molecule has 1 saturated heterocycles. The molecule has 0 saturated carbocycles. The van der Waals surface area contributed by atoms with E-state index >= 15 is 4.39 Å². The van der Waals surface area contributed by atoms with Crippen LogP contribution in [0.3, 0.4) is 0 Å². The van der Waals surface area contributed by atoms with E-state index in [1.165, 1.54) is 24.1 Å². The summed E-state index contributed by atoms with van der Waals surface area (Å²) in [5, 5.41) is 8.17. The number of anilines is 4. The number of carbonyl (C=O) groups excluding carboxylic acids is 2. The number of methoxy groups -OCH3 is 1. The van der Waals surface area contributed by atoms with Gasteiger partial charge >= 0.3 is 6.18 Å². The van der Waals surface area contributed by atoms with Crippen molar-refractivity contribution >= 4 is 35.0 Å². The Hall–Kier alpha value is -4.46. The van der Waals surface area contributed by atoms with Gasteiger partial charge in [-0.1, -0.05) is 12.1 Å². The van der Waals surface area contributed by atoms with Crippen molar-refractivity contribution in [3.05, 3.63) is 64.6 Å². The molecule has 14 heteroatoms. The monoisotopic (exact) mass is 587 g/mol. The quantitative estimate of drug-likeness (QED) is 0.346. The molecule has 0 unspecified atom stereocenters. The van der Waals surface area contributed by atoms with Crippen molar-refractivity contribution in [3.63, 3.8) is 0 Å². The molecule has 2 aliphatic rings. The van der Waals surface area contributed by atoms with Crippen LogP contribution in [0.2, 0.25) is 0 Å². The normalized spacial score (nSPS) is 15.9. The number of nitrogens with one attached hydrogen (secondary N) is 3. The van der Waals surface area contributed by atoms with Crippen molar-refractivity contribution in [1.82, 2.24) is 25.1 Å². The van der Waals surface area contributed by atoms with Gasteiger partial charge < -0.3 is 30.5 Å². The topological polar surface area (TPSA) is 112 Å². The molecule has 0 atom stereocenters. The highest BCUT2D eigenvalue weighted by Crippen LogP contribution is 2.38. The van der Waals surface area contributed by atoms with Crippen LogP contribution >= 0.6 is 0 Å². The molecular formula is C28H29F4N7O3. The number of nitrogens with zero attached hydrogens (tertiary/aromatic N) is 4. The van der Waals surface area contributed by atoms with Crippen molar-refractivity contribution in [2.45, 2.75) is 31.6 Å². The van der Waals surface area contributed by atoms with Gasteiger partial charge in [0.15, 0.2) is 0 Å². The van der Waals surface area contributed by atoms with Crippen molar-refractivity contribution in [3.8, 4) is 5.75 Å². The Morgan fingerprint density at radius 1 is 1.10 bits per heavy atom. The number of benzene rings is 2. The number of fused-ring (bicyclic) bond motifs is 1. The summed E-state index contributed by atoms with van der Waals surface area (Å²) in [6.45, 7) is 1.94. The molecule has 42 heavy (non-hydrogen) atoms. The van der Waals surface area contributed by atoms with E-state index in [0.29, 0.717) is 18.3 Å². The Labute approximate surface area is 239 Å². The SMILES string of the molecule is COc1cc(C(=O)NC2CCN(C)CC2)c(F)cc1Nc1ncc(C(F)(F)F)c(Nc2cccc3c2C(=O)N(C)C3)n1. The average Bonchev–Trinajstić information content (AvgIpc) is 3.23. The third kappa shape index (κ3) is 5.93. The van der Waals surface area contributed by atoms with E-state index in [4.69, 9.17) is 4.74 Å². The van der Waals surface area contributed by atoms with Crippen LogP contribution in [-0.4, -0.2) is 71.9 Å². The minimum Gasteiger partial charge on any atom is -0.495 e. The van der Waals surface area contributed by atoms with E-state index in [1.54, 1.807) is 19.2 Å². The predicted molar refractivity (Wildman–Crippen MR) is 147 cm³/mol. The number of ether oxygens (including phenoxy) is 1. The molecule has 222 valence electrons. The summed E-state index contributed by atoms with van der Waals surface area (Å²) in [6, 6.07) is 6.94. The molecule has 0 spiro atoms. The third-order valence-corrected chi connectivity index (χ3v) is 7.30. The maximum atomic E-state index is 15.1. The fourth-order valence-electron chi connectivity index (χ4n) is 5.01. The molecule has 10 nitrogen and oxygen atoms in total. The molecule has 0 radical (unpaired) electrons. The summed E-state index contributed by atoms with van der Waals surface area (Å²) in [7, 11) is 4.89. The van der Waals surface area contributed by atoms with Gasteiger partial charge in [-0.25, -0.2) is 9.37 Å². The van der Waals surface area contributed by atoms with Crippen LogP contribution in [0.15, 0.2) is 36.5 Å². The maximum absolute atomic E-state index is 15.1. The number of alkyl halides is 3. The molecule has 2 amide bonds. The fraction of sp³-hybridized carbons (Fsp3) is 0.357. The van der Waals surface area contributed by atoms with Gasteiger partial charge in [-0.2, -0.15) is 18.2 Å². The summed E-state index contributed by atoms with van der Waals surface area (Å²) in [6.07, 6.45) is -2.76. The lowest BCUT2D eigenvalue weighted by atomic mass is 10.0. The number of halogens is 4. The lowest BCUT2D eigenvalue weighted by Gasteiger charge is -2.29. The van der Waals surface area contributed by atoms with Crippen molar-refractivity contribution in [2.75, 3.05) is 44.9 Å². The van der Waals surface area contributed by atoms with Crippen molar-refractivity contribution in [1.29, 1.82) is 0 Å². The summed E-state index contributed by atoms with van der Waals surface area (Å²) < 4.78 is 62.1. The zero-order valence-electron chi connectivity index (χ0n) is 23.1. The van der Waals surface area contributed by atoms with Gasteiger partial charge in [0.2, 0.25) is 5.95 Å². The number of aromatic nitrogens is 2. The van der Waals surface area contributed by atoms with E-state index in [0.717, 1.165) is 32.0 Å². The zero-order chi connectivity index (χ0) is 30.2. The molecule has 3 N–H and O–H groups in total. The molecule has 0 bridgehead atoms. The molecule has 2 aliphatic heterocycles. The van der Waals surface area contributed by atoms with Crippen molar-refractivity contribution < 1.29 is 31.9 Å². The Kier molecular flexibility index (Phi) is 7.91. The highest BCUT2D eigenvalue weighted by atomic mass is 19.4. The standard InChI is InChI=1S/C28H29F4N7O3/c1-38-9-7-16(8-10-38)34-25(40)17-11-22(42-3)21(12-19(17)29)36-27-33-13-18(28(30,31)32)24(37-27)35-20-6-4-5-15-14-39(2)26(41)23(15)20/h4-6,11-13,16H,7-10,14H2,1-3H3,(H,34,40)(H2,33,35,36,37). The van der Waals surface area contributed by atoms with E-state index in [1.807, 2.05) is 7.05 Å². The van der Waals surface area contributed by atoms with Gasteiger partial charge in [-0.15, -0.1) is 0 Å². The highest BCUT2D eigenvalue weighted by Gasteiger charge is 2.36. The van der Waals surface area contributed by atoms with Crippen LogP contribution in [-0.2, 0) is 12.7 Å². The Bertz CT molecular complexity index is 1520. The summed E-state index contributed by atoms with van der Waals surface area (Å²) in [4.78, 5) is 36.8. The van der Waals surface area contributed by atoms with Gasteiger partial charge in [0, 0.05) is 31.9 Å². The van der Waals surface area contributed by atoms with E-state index in [-0.39, 0.29) is 46.1 Å². The second-order valence-electron chi connectivity index (χ2n) is 10.3. The zero-order valence-corrected chi connectivity index (χ0v) is 23.1. The summed E-state index contributed by atoms with van der Waals surface area (Å²) in [5.74, 6) is -2.66. The largest absolute Gasteiger partial charge is 0.495 e. The number of rotatable bonds is 7. The minimum absolute atomic E-state index is 0.00560. The lowest BCUT2D eigenvalue weighted by molar-refractivity contribution is -0.137. The van der Waals surface area contributed by atoms with Gasteiger partial charge in [0.1, 0.15) is 22.9 Å². The molecule has 1 fully saturated rings. The number of amides is 2. The molecular weight excluding hydrogens is 558 g/mol. The minimum atomic E-state index is -4.81. The fourth-order valence-corrected chi connectivity index (χ4v) is 5.01. The third-order valence-electron chi connectivity index (χ3n) is 7.30. The van der Waals surface area contributed by atoms with Gasteiger partial charge in [0.25, 0.3) is 11.8 Å². The van der Waals surface area contributed by atoms with Crippen LogP contribution in [0.5, 0.6) is 5.75 Å². The highest BCUT2D eigenvalue weighted by molar-refractivity contribution is 6.04. The first-order valence-electron chi connectivity index (χ1n) is 13.2. The molecule has 2 aromatic carbocycles. The van der Waals surface area contributed by atoms with E-state index in [9.17, 15) is 22.8 Å². The average molecular weight is 588 g/mol. The first-order valence-corrected chi connectivity index (χ1v) is 13.2. The predicted octanol–water partition coefficient (Wildman–Crippen LogP) is 4.54. The molecule has 0 aliphatic carbocycles. The number of piperidine rings is 1. The first kappa shape index (κ1) is 29.0. The van der Waals surface area contributed by atoms with Crippen LogP contribution in [0.25, 0.3) is 0 Å². The van der Waals surface area contributed by atoms with Crippen LogP contribution in [0.1, 0.15) is 44.7 Å². The number of carbonyl (C=O) groups is 2. The summed E-state index contributed by atoms with van der Waals surface area (Å²) >= 11 is 0. The number of hydrogen-bond donors (Lipinski definition) is 3. The second kappa shape index (κ2) is 11.4. The van der Waals surface area contributed by atoms with E-state index in [2.05, 4.69) is 30.8 Å². The Morgan fingerprint density at radius 3 is 2.52 bits per heavy atom. The first-order chi connectivity index (χ1) is 19.9. The van der Waals surface area contributed by atoms with E-state index < -0.39 is 29.3 Å². The number of hydrogen-bond acceptors (Lipinski definition) is 8.